The molecule has 4 nitrogen and oxygen atoms in total. The molecule has 0 aliphatic rings. The van der Waals surface area contributed by atoms with E-state index in [4.69, 9.17) is 21.1 Å². The van der Waals surface area contributed by atoms with Gasteiger partial charge in [-0.2, -0.15) is 0 Å². The minimum Gasteiger partial charge on any atom is -0.464 e. The molecule has 0 aromatic rings. The summed E-state index contributed by atoms with van der Waals surface area (Å²) in [5.74, 6) is -1.50. The number of hydrogen-bond donors (Lipinski definition) is 0. The fourth-order valence-electron chi connectivity index (χ4n) is 1.25. The Kier molecular flexibility index (Phi) is 7.42. The van der Waals surface area contributed by atoms with Gasteiger partial charge in [-0.1, -0.05) is 53.1 Å². The predicted molar refractivity (Wildman–Crippen MR) is 75.0 cm³/mol. The van der Waals surface area contributed by atoms with E-state index in [0.29, 0.717) is 0 Å². The van der Waals surface area contributed by atoms with Crippen molar-refractivity contribution in [3.05, 3.63) is 0 Å². The summed E-state index contributed by atoms with van der Waals surface area (Å²) in [6.07, 6.45) is 0. The van der Waals surface area contributed by atoms with Crippen LogP contribution >= 0.6 is 11.6 Å². The van der Waals surface area contributed by atoms with Crippen LogP contribution < -0.4 is 0 Å². The van der Waals surface area contributed by atoms with Gasteiger partial charge in [0.15, 0.2) is 0 Å². The minimum absolute atomic E-state index is 0.184. The van der Waals surface area contributed by atoms with E-state index >= 15 is 0 Å². The molecular weight excluding hydrogens is 268 g/mol. The lowest BCUT2D eigenvalue weighted by molar-refractivity contribution is -0.163. The van der Waals surface area contributed by atoms with Crippen LogP contribution in [0.2, 0.25) is 0 Å². The van der Waals surface area contributed by atoms with Crippen molar-refractivity contribution in [2.75, 3.05) is 13.2 Å². The van der Waals surface area contributed by atoms with E-state index in [9.17, 15) is 9.59 Å². The number of carbonyl (C=O) groups excluding carboxylic acids is 2. The van der Waals surface area contributed by atoms with E-state index in [1.165, 1.54) is 0 Å². The molecule has 0 spiro atoms. The summed E-state index contributed by atoms with van der Waals surface area (Å²) in [7, 11) is 0. The molecule has 5 heteroatoms. The van der Waals surface area contributed by atoms with E-state index in [2.05, 4.69) is 0 Å². The second-order valence-corrected chi connectivity index (χ2v) is 6.45. The molecular formula is C14H25ClO4. The highest BCUT2D eigenvalue weighted by molar-refractivity contribution is 6.44. The average Bonchev–Trinajstić information content (AvgIpc) is 2.31. The molecule has 19 heavy (non-hydrogen) atoms. The Morgan fingerprint density at radius 2 is 1.21 bits per heavy atom. The first-order valence-electron chi connectivity index (χ1n) is 6.65. The van der Waals surface area contributed by atoms with Crippen LogP contribution in [0.3, 0.4) is 0 Å². The number of carbonyl (C=O) groups is 2. The fourth-order valence-corrected chi connectivity index (χ4v) is 1.36. The van der Waals surface area contributed by atoms with Gasteiger partial charge in [0.2, 0.25) is 4.87 Å². The number of alkyl halides is 1. The molecule has 0 N–H and O–H groups in total. The zero-order chi connectivity index (χ0) is 15.2. The second kappa shape index (κ2) is 7.73. The van der Waals surface area contributed by atoms with Crippen molar-refractivity contribution in [1.82, 2.24) is 0 Å². The maximum Gasteiger partial charge on any atom is 0.339 e. The van der Waals surface area contributed by atoms with Gasteiger partial charge < -0.3 is 9.47 Å². The number of esters is 2. The molecule has 112 valence electrons. The summed E-state index contributed by atoms with van der Waals surface area (Å²) in [6.45, 7) is 11.5. The molecule has 0 saturated carbocycles. The standard InChI is InChI=1S/C14H25ClO4/c1-9(2)7-18-12(16)14(15,11(5)6)13(17)19-8-10(3)4/h9-11H,7-8H2,1-6H3. The van der Waals surface area contributed by atoms with Crippen LogP contribution in [0.1, 0.15) is 41.5 Å². The highest BCUT2D eigenvalue weighted by Crippen LogP contribution is 2.29. The van der Waals surface area contributed by atoms with E-state index in [1.807, 2.05) is 27.7 Å². The van der Waals surface area contributed by atoms with E-state index in [-0.39, 0.29) is 25.0 Å². The maximum atomic E-state index is 12.0. The lowest BCUT2D eigenvalue weighted by Crippen LogP contribution is -2.48. The van der Waals surface area contributed by atoms with Crippen molar-refractivity contribution in [3.63, 3.8) is 0 Å². The summed E-state index contributed by atoms with van der Waals surface area (Å²) in [4.78, 5) is 22.3. The molecule has 0 unspecified atom stereocenters. The summed E-state index contributed by atoms with van der Waals surface area (Å²) in [5, 5.41) is 0. The molecule has 0 aromatic heterocycles. The zero-order valence-corrected chi connectivity index (χ0v) is 13.4. The van der Waals surface area contributed by atoms with Gasteiger partial charge in [0, 0.05) is 0 Å². The first kappa shape index (κ1) is 18.2. The van der Waals surface area contributed by atoms with Crippen molar-refractivity contribution < 1.29 is 19.1 Å². The number of hydrogen-bond acceptors (Lipinski definition) is 4. The van der Waals surface area contributed by atoms with Gasteiger partial charge >= 0.3 is 11.9 Å². The highest BCUT2D eigenvalue weighted by Gasteiger charge is 2.50. The van der Waals surface area contributed by atoms with E-state index in [0.717, 1.165) is 0 Å². The Balaban J connectivity index is 4.83. The molecule has 0 atom stereocenters. The van der Waals surface area contributed by atoms with Gasteiger partial charge in [0.1, 0.15) is 0 Å². The Labute approximate surface area is 120 Å². The van der Waals surface area contributed by atoms with Crippen LogP contribution in [0.25, 0.3) is 0 Å². The SMILES string of the molecule is CC(C)COC(=O)C(Cl)(C(=O)OCC(C)C)C(C)C. The van der Waals surface area contributed by atoms with E-state index < -0.39 is 22.7 Å². The Bertz CT molecular complexity index is 287. The summed E-state index contributed by atoms with van der Waals surface area (Å²) in [5.41, 5.74) is 0. The third-order valence-corrected chi connectivity index (χ3v) is 3.23. The van der Waals surface area contributed by atoms with Gasteiger partial charge in [0.05, 0.1) is 13.2 Å². The lowest BCUT2D eigenvalue weighted by atomic mass is 9.95. The van der Waals surface area contributed by atoms with Crippen LogP contribution in [0.4, 0.5) is 0 Å². The van der Waals surface area contributed by atoms with Crippen molar-refractivity contribution in [3.8, 4) is 0 Å². The third kappa shape index (κ3) is 5.39. The Morgan fingerprint density at radius 3 is 1.42 bits per heavy atom. The largest absolute Gasteiger partial charge is 0.464 e. The van der Waals surface area contributed by atoms with Gasteiger partial charge in [-0.25, -0.2) is 9.59 Å². The van der Waals surface area contributed by atoms with Crippen molar-refractivity contribution >= 4 is 23.5 Å². The van der Waals surface area contributed by atoms with E-state index in [1.54, 1.807) is 13.8 Å². The third-order valence-electron chi connectivity index (χ3n) is 2.49. The second-order valence-electron chi connectivity index (χ2n) is 5.85. The number of ether oxygens (including phenoxy) is 2. The number of halogens is 1. The summed E-state index contributed by atoms with van der Waals surface area (Å²) < 4.78 is 10.2. The smallest absolute Gasteiger partial charge is 0.339 e. The molecule has 0 rings (SSSR count). The molecule has 0 fully saturated rings. The lowest BCUT2D eigenvalue weighted by Gasteiger charge is -2.27. The van der Waals surface area contributed by atoms with Gasteiger partial charge in [-0.3, -0.25) is 0 Å². The summed E-state index contributed by atoms with van der Waals surface area (Å²) >= 11 is 6.19. The van der Waals surface area contributed by atoms with Gasteiger partial charge in [-0.05, 0) is 17.8 Å². The minimum atomic E-state index is -1.76. The van der Waals surface area contributed by atoms with Crippen LogP contribution in [-0.4, -0.2) is 30.0 Å². The van der Waals surface area contributed by atoms with Crippen molar-refractivity contribution in [2.24, 2.45) is 17.8 Å². The predicted octanol–water partition coefficient (Wildman–Crippen LogP) is 3.02. The van der Waals surface area contributed by atoms with Crippen molar-refractivity contribution in [2.45, 2.75) is 46.4 Å². The molecule has 0 heterocycles. The molecule has 0 amide bonds. The first-order chi connectivity index (χ1) is 8.62. The van der Waals surface area contributed by atoms with Crippen LogP contribution in [-0.2, 0) is 19.1 Å². The topological polar surface area (TPSA) is 52.6 Å². The molecule has 0 aliphatic carbocycles. The average molecular weight is 293 g/mol. The molecule has 0 radical (unpaired) electrons. The van der Waals surface area contributed by atoms with Crippen molar-refractivity contribution in [1.29, 1.82) is 0 Å². The van der Waals surface area contributed by atoms with Gasteiger partial charge in [-0.15, -0.1) is 0 Å². The maximum absolute atomic E-state index is 12.0. The summed E-state index contributed by atoms with van der Waals surface area (Å²) in [6, 6.07) is 0. The first-order valence-corrected chi connectivity index (χ1v) is 7.03. The number of rotatable bonds is 7. The van der Waals surface area contributed by atoms with Crippen LogP contribution in [0.5, 0.6) is 0 Å². The normalized spacial score (nSPS) is 12.1. The molecule has 0 saturated heterocycles. The fraction of sp³-hybridized carbons (Fsp3) is 0.857. The van der Waals surface area contributed by atoms with Crippen LogP contribution in [0.15, 0.2) is 0 Å². The molecule has 0 bridgehead atoms. The highest BCUT2D eigenvalue weighted by atomic mass is 35.5. The monoisotopic (exact) mass is 292 g/mol. The van der Waals surface area contributed by atoms with Crippen LogP contribution in [0, 0.1) is 17.8 Å². The molecule has 0 aromatic carbocycles. The Hall–Kier alpha value is -0.770. The zero-order valence-electron chi connectivity index (χ0n) is 12.7. The molecule has 0 aliphatic heterocycles. The van der Waals surface area contributed by atoms with Gasteiger partial charge in [0.25, 0.3) is 0 Å². The Morgan fingerprint density at radius 1 is 0.895 bits per heavy atom. The quantitative estimate of drug-likeness (QED) is 0.411.